The average Bonchev–Trinajstić information content (AvgIpc) is 3.94. The summed E-state index contributed by atoms with van der Waals surface area (Å²) in [6.07, 6.45) is 3.72. The van der Waals surface area contributed by atoms with Crippen LogP contribution < -0.4 is 14.5 Å². The first-order valence-electron chi connectivity index (χ1n) is 16.9. The van der Waals surface area contributed by atoms with Gasteiger partial charge in [-0.15, -0.1) is 0 Å². The van der Waals surface area contributed by atoms with Crippen LogP contribution in [-0.4, -0.2) is 79.5 Å². The maximum atomic E-state index is 14.9. The fraction of sp³-hybridized carbons (Fsp3) is 0.385. The average molecular weight is 679 g/mol. The highest BCUT2D eigenvalue weighted by Gasteiger charge is 2.42. The van der Waals surface area contributed by atoms with Gasteiger partial charge in [0.25, 0.3) is 5.91 Å². The van der Waals surface area contributed by atoms with E-state index in [4.69, 9.17) is 14.2 Å². The number of fused-ring (bicyclic) bond motifs is 1. The summed E-state index contributed by atoms with van der Waals surface area (Å²) in [7, 11) is 1.62. The lowest BCUT2D eigenvalue weighted by Gasteiger charge is -2.37. The van der Waals surface area contributed by atoms with Gasteiger partial charge >= 0.3 is 6.09 Å². The van der Waals surface area contributed by atoms with Gasteiger partial charge in [0.2, 0.25) is 5.91 Å². The third kappa shape index (κ3) is 7.45. The van der Waals surface area contributed by atoms with Crippen molar-refractivity contribution in [2.24, 2.45) is 5.92 Å². The molecule has 3 aliphatic rings. The topological polar surface area (TPSA) is 133 Å². The molecule has 0 aromatic heterocycles. The molecule has 6 rings (SSSR count). The first-order chi connectivity index (χ1) is 24.0. The fourth-order valence-corrected chi connectivity index (χ4v) is 6.40. The fourth-order valence-electron chi connectivity index (χ4n) is 6.40. The summed E-state index contributed by atoms with van der Waals surface area (Å²) in [5.74, 6) is -0.562. The van der Waals surface area contributed by atoms with E-state index in [1.165, 1.54) is 6.07 Å². The van der Waals surface area contributed by atoms with Crippen LogP contribution in [0.3, 0.4) is 0 Å². The van der Waals surface area contributed by atoms with Crippen LogP contribution in [0.15, 0.2) is 66.7 Å². The lowest BCUT2D eigenvalue weighted by Crippen LogP contribution is -2.48. The van der Waals surface area contributed by atoms with Crippen LogP contribution in [0.1, 0.15) is 51.2 Å². The van der Waals surface area contributed by atoms with Gasteiger partial charge < -0.3 is 34.0 Å². The standard InChI is InChI=1S/C39H42N4O7/c1-39(2,3)50-38(47)41-17-15-31(27-8-5-7-25(19-27)26-9-13-34(44)28(20-26)22-40)32(23-41)37(46)43(29-10-11-29)30-12-14-35-33(21-30)42(16-6-18-48-4)36(45)24-49-35/h5,7-9,12-15,19-21,29,32,44H,6,10-11,16-18,23-24H2,1-4H3/t32-/m0/s1. The molecule has 0 bridgehead atoms. The number of phenols is 1. The van der Waals surface area contributed by atoms with Gasteiger partial charge in [-0.3, -0.25) is 9.59 Å². The minimum atomic E-state index is -0.728. The van der Waals surface area contributed by atoms with Crippen LogP contribution in [0.5, 0.6) is 11.5 Å². The van der Waals surface area contributed by atoms with Gasteiger partial charge in [-0.2, -0.15) is 5.26 Å². The minimum Gasteiger partial charge on any atom is -0.507 e. The Kier molecular flexibility index (Phi) is 9.84. The van der Waals surface area contributed by atoms with Gasteiger partial charge in [0, 0.05) is 45.1 Å². The number of carbonyl (C=O) groups excluding carboxylic acids is 3. The van der Waals surface area contributed by atoms with E-state index in [0.29, 0.717) is 36.7 Å². The molecule has 2 aliphatic heterocycles. The van der Waals surface area contributed by atoms with E-state index >= 15 is 0 Å². The molecule has 1 atom stereocenters. The molecular weight excluding hydrogens is 636 g/mol. The minimum absolute atomic E-state index is 0.0337. The van der Waals surface area contributed by atoms with Crippen molar-refractivity contribution in [2.75, 3.05) is 49.8 Å². The molecule has 11 nitrogen and oxygen atoms in total. The Hall–Kier alpha value is -5.34. The Labute approximate surface area is 292 Å². The normalized spacial score (nSPS) is 17.3. The van der Waals surface area contributed by atoms with E-state index in [9.17, 15) is 24.8 Å². The molecular formula is C39H42N4O7. The molecule has 50 heavy (non-hydrogen) atoms. The number of amides is 3. The SMILES string of the molecule is COCCCN1C(=O)COc2ccc(N(C(=O)[C@H]3CN(C(=O)OC(C)(C)C)CC=C3c3cccc(-c4ccc(O)c(C#N)c4)c3)C3CC3)cc21. The number of rotatable bonds is 9. The summed E-state index contributed by atoms with van der Waals surface area (Å²) < 4.78 is 16.7. The first-order valence-corrected chi connectivity index (χ1v) is 16.9. The molecule has 260 valence electrons. The molecule has 1 N–H and O–H groups in total. The van der Waals surface area contributed by atoms with Crippen molar-refractivity contribution in [2.45, 2.75) is 51.7 Å². The molecule has 0 unspecified atom stereocenters. The summed E-state index contributed by atoms with van der Waals surface area (Å²) in [6, 6.07) is 20.1. The quantitative estimate of drug-likeness (QED) is 0.267. The Balaban J connectivity index is 1.38. The Morgan fingerprint density at radius 2 is 1.82 bits per heavy atom. The maximum absolute atomic E-state index is 14.9. The number of nitriles is 1. The highest BCUT2D eigenvalue weighted by Crippen LogP contribution is 2.42. The van der Waals surface area contributed by atoms with Crippen LogP contribution in [0.2, 0.25) is 0 Å². The number of methoxy groups -OCH3 is 1. The molecule has 11 heteroatoms. The second-order valence-corrected chi connectivity index (χ2v) is 13.8. The van der Waals surface area contributed by atoms with Gasteiger partial charge in [0.15, 0.2) is 6.61 Å². The summed E-state index contributed by atoms with van der Waals surface area (Å²) >= 11 is 0. The highest BCUT2D eigenvalue weighted by molar-refractivity contribution is 6.05. The van der Waals surface area contributed by atoms with E-state index in [2.05, 4.69) is 0 Å². The molecule has 1 saturated carbocycles. The molecule has 3 amide bonds. The second kappa shape index (κ2) is 14.3. The third-order valence-corrected chi connectivity index (χ3v) is 8.95. The Bertz CT molecular complexity index is 1870. The van der Waals surface area contributed by atoms with Crippen molar-refractivity contribution in [1.82, 2.24) is 4.90 Å². The third-order valence-electron chi connectivity index (χ3n) is 8.95. The maximum Gasteiger partial charge on any atom is 0.410 e. The van der Waals surface area contributed by atoms with Crippen molar-refractivity contribution < 1.29 is 33.7 Å². The molecule has 1 aliphatic carbocycles. The van der Waals surface area contributed by atoms with Gasteiger partial charge in [-0.1, -0.05) is 30.3 Å². The predicted octanol–water partition coefficient (Wildman–Crippen LogP) is 6.14. The molecule has 1 fully saturated rings. The summed E-state index contributed by atoms with van der Waals surface area (Å²) in [6.45, 7) is 6.70. The smallest absolute Gasteiger partial charge is 0.410 e. The Morgan fingerprint density at radius 3 is 2.54 bits per heavy atom. The largest absolute Gasteiger partial charge is 0.507 e. The van der Waals surface area contributed by atoms with E-state index < -0.39 is 17.6 Å². The van der Waals surface area contributed by atoms with Crippen molar-refractivity contribution >= 4 is 34.9 Å². The number of benzene rings is 3. The van der Waals surface area contributed by atoms with E-state index in [1.54, 1.807) is 29.0 Å². The van der Waals surface area contributed by atoms with Gasteiger partial charge in [-0.05, 0) is 98.7 Å². The summed E-state index contributed by atoms with van der Waals surface area (Å²) in [5.41, 5.74) is 3.87. The van der Waals surface area contributed by atoms with Crippen LogP contribution in [0, 0.1) is 17.2 Å². The number of hydrogen-bond acceptors (Lipinski definition) is 8. The number of anilines is 2. The van der Waals surface area contributed by atoms with Gasteiger partial charge in [-0.25, -0.2) is 4.79 Å². The molecule has 0 spiro atoms. The first kappa shape index (κ1) is 34.5. The number of hydrogen-bond donors (Lipinski definition) is 1. The second-order valence-electron chi connectivity index (χ2n) is 13.8. The molecule has 3 aromatic carbocycles. The van der Waals surface area contributed by atoms with Crippen LogP contribution in [0.4, 0.5) is 16.2 Å². The molecule has 0 saturated heterocycles. The predicted molar refractivity (Wildman–Crippen MR) is 189 cm³/mol. The van der Waals surface area contributed by atoms with Gasteiger partial charge in [0.1, 0.15) is 23.2 Å². The zero-order chi connectivity index (χ0) is 35.6. The van der Waals surface area contributed by atoms with Crippen molar-refractivity contribution in [3.05, 3.63) is 77.9 Å². The van der Waals surface area contributed by atoms with E-state index in [0.717, 1.165) is 35.1 Å². The number of aromatic hydroxyl groups is 1. The zero-order valence-corrected chi connectivity index (χ0v) is 28.8. The molecule has 2 heterocycles. The lowest BCUT2D eigenvalue weighted by atomic mass is 9.86. The van der Waals surface area contributed by atoms with Crippen LogP contribution in [-0.2, 0) is 19.1 Å². The number of ether oxygens (including phenoxy) is 3. The summed E-state index contributed by atoms with van der Waals surface area (Å²) in [4.78, 5) is 46.2. The van der Waals surface area contributed by atoms with Crippen molar-refractivity contribution in [1.29, 1.82) is 5.26 Å². The Morgan fingerprint density at radius 1 is 1.06 bits per heavy atom. The van der Waals surface area contributed by atoms with Crippen molar-refractivity contribution in [3.8, 4) is 28.7 Å². The number of nitrogens with zero attached hydrogens (tertiary/aromatic N) is 4. The highest BCUT2D eigenvalue weighted by atomic mass is 16.6. The van der Waals surface area contributed by atoms with Crippen LogP contribution in [0.25, 0.3) is 16.7 Å². The van der Waals surface area contributed by atoms with Crippen molar-refractivity contribution in [3.63, 3.8) is 0 Å². The number of phenolic OH excluding ortho intramolecular Hbond substituents is 1. The molecule has 3 aromatic rings. The lowest BCUT2D eigenvalue weighted by molar-refractivity contribution is -0.122. The summed E-state index contributed by atoms with van der Waals surface area (Å²) in [5, 5.41) is 19.6. The van der Waals surface area contributed by atoms with Gasteiger partial charge in [0.05, 0.1) is 17.2 Å². The zero-order valence-electron chi connectivity index (χ0n) is 28.8. The number of carbonyl (C=O) groups is 3. The van der Waals surface area contributed by atoms with Crippen LogP contribution >= 0.6 is 0 Å². The van der Waals surface area contributed by atoms with E-state index in [-0.39, 0.29) is 48.9 Å². The van der Waals surface area contributed by atoms with E-state index in [1.807, 2.05) is 80.3 Å². The monoisotopic (exact) mass is 678 g/mol. The molecule has 0 radical (unpaired) electrons.